The van der Waals surface area contributed by atoms with Gasteiger partial charge in [0.15, 0.2) is 0 Å². The number of carbonyl (C=O) groups excluding carboxylic acids is 9. The van der Waals surface area contributed by atoms with Gasteiger partial charge in [-0.25, -0.2) is 4.79 Å². The second-order valence-corrected chi connectivity index (χ2v) is 22.5. The molecule has 0 unspecified atom stereocenters. The molecule has 3 heterocycles. The average Bonchev–Trinajstić information content (AvgIpc) is 4.23. The summed E-state index contributed by atoms with van der Waals surface area (Å²) in [5, 5.41) is 55.8. The molecule has 0 spiro atoms. The Bertz CT molecular complexity index is 2300. The lowest BCUT2D eigenvalue weighted by atomic mass is 10.0. The molecule has 9 amide bonds. The Morgan fingerprint density at radius 3 is 1.48 bits per heavy atom. The highest BCUT2D eigenvalue weighted by molar-refractivity contribution is 7.98. The van der Waals surface area contributed by atoms with Crippen molar-refractivity contribution in [2.45, 2.75) is 164 Å². The molecule has 27 heteroatoms. The van der Waals surface area contributed by atoms with Gasteiger partial charge in [0.1, 0.15) is 54.4 Å². The van der Waals surface area contributed by atoms with Crippen LogP contribution in [0.4, 0.5) is 0 Å². The zero-order valence-corrected chi connectivity index (χ0v) is 47.2. The predicted molar refractivity (Wildman–Crippen MR) is 293 cm³/mol. The molecule has 1 aromatic carbocycles. The summed E-state index contributed by atoms with van der Waals surface area (Å²) in [4.78, 5) is 152. The summed E-state index contributed by atoms with van der Waals surface area (Å²) < 4.78 is 0. The number of carbonyl (C=O) groups is 11. The van der Waals surface area contributed by atoms with Crippen molar-refractivity contribution in [2.24, 2.45) is 11.7 Å². The van der Waals surface area contributed by atoms with Crippen molar-refractivity contribution in [3.05, 3.63) is 35.9 Å². The van der Waals surface area contributed by atoms with Crippen LogP contribution in [-0.4, -0.2) is 217 Å². The number of hydrogen-bond acceptors (Lipinski definition) is 16. The number of nitrogens with zero attached hydrogens (tertiary/aromatic N) is 3. The zero-order valence-electron chi connectivity index (χ0n) is 45.6. The summed E-state index contributed by atoms with van der Waals surface area (Å²) in [5.74, 6) is -8.71. The fourth-order valence-corrected chi connectivity index (χ4v) is 10.8. The first-order valence-electron chi connectivity index (χ1n) is 26.8. The Morgan fingerprint density at radius 2 is 1.04 bits per heavy atom. The summed E-state index contributed by atoms with van der Waals surface area (Å²) in [6.45, 7) is 4.03. The monoisotopic (exact) mass is 1150 g/mol. The minimum absolute atomic E-state index is 0.0322. The van der Waals surface area contributed by atoms with Crippen molar-refractivity contribution in [3.8, 4) is 0 Å². The number of nitrogens with one attached hydrogen (secondary N) is 6. The number of carboxylic acids is 2. The number of hydrogen-bond donors (Lipinski definition) is 11. The van der Waals surface area contributed by atoms with Crippen LogP contribution >= 0.6 is 23.5 Å². The molecule has 0 aromatic heterocycles. The van der Waals surface area contributed by atoms with Gasteiger partial charge >= 0.3 is 11.9 Å². The number of thioether (sulfide) groups is 2. The molecule has 3 aliphatic rings. The van der Waals surface area contributed by atoms with Gasteiger partial charge in [0, 0.05) is 26.1 Å². The van der Waals surface area contributed by atoms with Crippen LogP contribution < -0.4 is 37.6 Å². The van der Waals surface area contributed by atoms with Gasteiger partial charge in [-0.05, 0) is 113 Å². The van der Waals surface area contributed by atoms with Crippen molar-refractivity contribution < 1.29 is 73.2 Å². The number of amides is 9. The van der Waals surface area contributed by atoms with E-state index in [2.05, 4.69) is 31.9 Å². The Kier molecular flexibility index (Phi) is 26.8. The highest BCUT2D eigenvalue weighted by atomic mass is 32.2. The van der Waals surface area contributed by atoms with Gasteiger partial charge in [-0.1, -0.05) is 44.2 Å². The maximum absolute atomic E-state index is 14.4. The van der Waals surface area contributed by atoms with Crippen LogP contribution in [0.15, 0.2) is 30.3 Å². The van der Waals surface area contributed by atoms with E-state index in [1.165, 1.54) is 40.2 Å². The normalized spacial score (nSPS) is 20.2. The van der Waals surface area contributed by atoms with E-state index in [1.807, 2.05) is 18.6 Å². The molecular weight excluding hydrogens is 1070 g/mol. The first-order valence-corrected chi connectivity index (χ1v) is 29.6. The van der Waals surface area contributed by atoms with Gasteiger partial charge in [0.05, 0.1) is 18.8 Å². The molecule has 25 nitrogen and oxygen atoms in total. The fourth-order valence-electron chi connectivity index (χ4n) is 9.85. The molecule has 3 aliphatic heterocycles. The fraction of sp³-hybridized carbons (Fsp3) is 0.673. The lowest BCUT2D eigenvalue weighted by Gasteiger charge is -2.33. The highest BCUT2D eigenvalue weighted by Crippen LogP contribution is 2.25. The minimum Gasteiger partial charge on any atom is -0.481 e. The minimum atomic E-state index is -1.72. The largest absolute Gasteiger partial charge is 0.481 e. The molecule has 11 atom stereocenters. The Morgan fingerprint density at radius 1 is 0.595 bits per heavy atom. The summed E-state index contributed by atoms with van der Waals surface area (Å²) in [6.07, 6.45) is 3.20. The van der Waals surface area contributed by atoms with Gasteiger partial charge in [-0.2, -0.15) is 23.5 Å². The van der Waals surface area contributed by atoms with Gasteiger partial charge in [0.2, 0.25) is 53.2 Å². The smallest absolute Gasteiger partial charge is 0.326 e. The molecule has 3 fully saturated rings. The number of aliphatic hydroxyl groups excluding tert-OH is 2. The third-order valence-electron chi connectivity index (χ3n) is 14.1. The third-order valence-corrected chi connectivity index (χ3v) is 15.4. The summed E-state index contributed by atoms with van der Waals surface area (Å²) in [7, 11) is 0. The quantitative estimate of drug-likeness (QED) is 0.0395. The Labute approximate surface area is 468 Å². The topological polar surface area (TPSA) is 377 Å². The third kappa shape index (κ3) is 19.3. The van der Waals surface area contributed by atoms with Crippen LogP contribution in [0.3, 0.4) is 0 Å². The van der Waals surface area contributed by atoms with Crippen molar-refractivity contribution in [1.82, 2.24) is 46.6 Å². The first kappa shape index (κ1) is 65.5. The molecule has 12 N–H and O–H groups in total. The Balaban J connectivity index is 1.45. The number of aliphatic hydroxyl groups is 2. The lowest BCUT2D eigenvalue weighted by Crippen LogP contribution is -2.62. The number of nitrogens with two attached hydrogens (primary N) is 1. The van der Waals surface area contributed by atoms with Gasteiger partial charge in [-0.15, -0.1) is 0 Å². The van der Waals surface area contributed by atoms with E-state index < -0.39 is 151 Å². The molecule has 4 rings (SSSR count). The number of carboxylic acid groups (broad SMARTS) is 2. The van der Waals surface area contributed by atoms with E-state index in [-0.39, 0.29) is 76.9 Å². The number of likely N-dealkylation sites (tertiary alicyclic amines) is 3. The summed E-state index contributed by atoms with van der Waals surface area (Å²) in [5.41, 5.74) is 6.95. The van der Waals surface area contributed by atoms with Crippen LogP contribution in [0, 0.1) is 5.92 Å². The zero-order chi connectivity index (χ0) is 58.5. The molecular formula is C52H80N10O15S2. The number of rotatable bonds is 31. The van der Waals surface area contributed by atoms with E-state index in [0.717, 1.165) is 10.5 Å². The average molecular weight is 1150 g/mol. The molecule has 0 bridgehead atoms. The van der Waals surface area contributed by atoms with Gasteiger partial charge in [-0.3, -0.25) is 47.9 Å². The van der Waals surface area contributed by atoms with Crippen LogP contribution in [0.5, 0.6) is 0 Å². The van der Waals surface area contributed by atoms with Crippen LogP contribution in [0.2, 0.25) is 0 Å². The number of benzene rings is 1. The van der Waals surface area contributed by atoms with Crippen molar-refractivity contribution in [3.63, 3.8) is 0 Å². The van der Waals surface area contributed by atoms with E-state index >= 15 is 0 Å². The van der Waals surface area contributed by atoms with E-state index in [9.17, 15) is 73.2 Å². The van der Waals surface area contributed by atoms with Gasteiger partial charge in [0.25, 0.3) is 0 Å². The maximum Gasteiger partial charge on any atom is 0.326 e. The van der Waals surface area contributed by atoms with Gasteiger partial charge < -0.3 is 72.8 Å². The lowest BCUT2D eigenvalue weighted by molar-refractivity contribution is -0.147. The molecule has 440 valence electrons. The molecule has 1 aromatic rings. The summed E-state index contributed by atoms with van der Waals surface area (Å²) >= 11 is 2.83. The number of aliphatic carboxylic acids is 2. The van der Waals surface area contributed by atoms with E-state index in [0.29, 0.717) is 24.3 Å². The van der Waals surface area contributed by atoms with Crippen LogP contribution in [0.25, 0.3) is 0 Å². The second-order valence-electron chi connectivity index (χ2n) is 20.5. The molecule has 79 heavy (non-hydrogen) atoms. The van der Waals surface area contributed by atoms with E-state index in [4.69, 9.17) is 5.73 Å². The highest BCUT2D eigenvalue weighted by Gasteiger charge is 2.45. The van der Waals surface area contributed by atoms with Crippen molar-refractivity contribution in [2.75, 3.05) is 50.3 Å². The van der Waals surface area contributed by atoms with Crippen LogP contribution in [0.1, 0.15) is 97.0 Å². The molecule has 3 saturated heterocycles. The molecule has 0 saturated carbocycles. The predicted octanol–water partition coefficient (Wildman–Crippen LogP) is -1.69. The summed E-state index contributed by atoms with van der Waals surface area (Å²) in [6, 6.07) is -3.82. The van der Waals surface area contributed by atoms with Crippen LogP contribution in [-0.2, 0) is 59.2 Å². The van der Waals surface area contributed by atoms with Crippen molar-refractivity contribution >= 4 is 88.6 Å². The SMILES string of the molecule is CSCC[C@H](NC(=O)[C@@H]1CCCN1C(=O)[C@H](CCSC)NC(=O)[C@@H]1CCCN1C(=O)[C@H](CCC(=O)O)NC(=O)[C@@H]1CCCN1C(=O)[C@@H](NC(=O)[C@H](CO)NC(=O)[C@H](CC(C)C)NC(=O)[C@@H](N)Cc1ccccc1)[C@@H](C)O)C(=O)O. The van der Waals surface area contributed by atoms with E-state index in [1.54, 1.807) is 38.1 Å². The molecule has 0 radical (unpaired) electrons. The Hall–Kier alpha value is -6.03. The van der Waals surface area contributed by atoms with Crippen molar-refractivity contribution in [1.29, 1.82) is 0 Å². The standard InChI is InChI=1S/C52H80N10O15S2/c1-29(2)26-36(57-43(67)32(53)27-31-12-7-6-8-13-31)44(68)58-37(28-63)45(69)59-42(30(3)64)51(75)62-23-11-16-40(62)47(71)54-33(17-18-41(65)66)49(73)60-21-9-14-38(60)46(70)55-34(19-24-78-4)50(74)61-22-10-15-39(61)48(72)56-35(52(76)77)20-25-79-5/h6-8,12-13,29-30,32-40,42,63-64H,9-11,14-28,53H2,1-5H3,(H,54,71)(H,55,70)(H,56,72)(H,57,67)(H,58,68)(H,59,69)(H,65,66)(H,76,77)/t30-,32+,33+,34+,35+,36+,37+,38+,39+,40+,42+/m1/s1. The molecule has 0 aliphatic carbocycles. The maximum atomic E-state index is 14.4. The second kappa shape index (κ2) is 32.3. The first-order chi connectivity index (χ1) is 37.5.